The summed E-state index contributed by atoms with van der Waals surface area (Å²) in [5.41, 5.74) is -3.65. The first-order valence-corrected chi connectivity index (χ1v) is 4.68. The second kappa shape index (κ2) is 5.43. The van der Waals surface area contributed by atoms with Gasteiger partial charge in [-0.05, 0) is 6.92 Å². The summed E-state index contributed by atoms with van der Waals surface area (Å²) in [6.45, 7) is 1.31. The van der Waals surface area contributed by atoms with Crippen LogP contribution in [-0.4, -0.2) is 22.5 Å². The minimum absolute atomic E-state index is 0.114. The number of carbonyl (C=O) groups is 1. The number of nitrogens with zero attached hydrogens (tertiary/aromatic N) is 2. The molecule has 0 bridgehead atoms. The van der Waals surface area contributed by atoms with E-state index in [0.29, 0.717) is 6.20 Å². The van der Waals surface area contributed by atoms with Crippen LogP contribution in [0.15, 0.2) is 6.20 Å². The summed E-state index contributed by atoms with van der Waals surface area (Å²) in [4.78, 5) is 23.6. The van der Waals surface area contributed by atoms with Crippen molar-refractivity contribution in [1.29, 1.82) is 0 Å². The van der Waals surface area contributed by atoms with Crippen molar-refractivity contribution < 1.29 is 27.6 Å². The maximum Gasteiger partial charge on any atom is 0.346 e. The molecule has 1 rings (SSSR count). The largest absolute Gasteiger partial charge is 0.462 e. The van der Waals surface area contributed by atoms with Gasteiger partial charge in [-0.25, -0.2) is 18.6 Å². The van der Waals surface area contributed by atoms with Crippen molar-refractivity contribution in [3.63, 3.8) is 0 Å². The SMILES string of the molecule is CCOC(=O)c1cnc(F)c(C(F)F)c1[N+](=O)[O-]. The fraction of sp³-hybridized carbons (Fsp3) is 0.333. The number of hydrogen-bond donors (Lipinski definition) is 0. The van der Waals surface area contributed by atoms with Gasteiger partial charge in [0, 0.05) is 0 Å². The van der Waals surface area contributed by atoms with Crippen LogP contribution >= 0.6 is 0 Å². The fourth-order valence-corrected chi connectivity index (χ4v) is 1.24. The Kier molecular flexibility index (Phi) is 4.18. The molecule has 0 unspecified atom stereocenters. The van der Waals surface area contributed by atoms with E-state index in [1.807, 2.05) is 0 Å². The molecule has 0 saturated heterocycles. The normalized spacial score (nSPS) is 10.5. The number of carbonyl (C=O) groups excluding carboxylic acids is 1. The lowest BCUT2D eigenvalue weighted by Crippen LogP contribution is -2.12. The fourth-order valence-electron chi connectivity index (χ4n) is 1.24. The lowest BCUT2D eigenvalue weighted by atomic mass is 10.1. The zero-order valence-corrected chi connectivity index (χ0v) is 9.02. The molecule has 0 aliphatic carbocycles. The van der Waals surface area contributed by atoms with Crippen molar-refractivity contribution in [2.45, 2.75) is 13.3 Å². The Labute approximate surface area is 98.5 Å². The Morgan fingerprint density at radius 3 is 2.67 bits per heavy atom. The zero-order chi connectivity index (χ0) is 13.9. The van der Waals surface area contributed by atoms with E-state index in [-0.39, 0.29) is 6.61 Å². The van der Waals surface area contributed by atoms with E-state index in [1.165, 1.54) is 6.92 Å². The third kappa shape index (κ3) is 2.55. The van der Waals surface area contributed by atoms with Crippen LogP contribution < -0.4 is 0 Å². The molecule has 0 aliphatic heterocycles. The highest BCUT2D eigenvalue weighted by molar-refractivity contribution is 5.94. The van der Waals surface area contributed by atoms with E-state index in [4.69, 9.17) is 0 Å². The highest BCUT2D eigenvalue weighted by Gasteiger charge is 2.34. The Morgan fingerprint density at radius 1 is 1.61 bits per heavy atom. The van der Waals surface area contributed by atoms with Gasteiger partial charge < -0.3 is 4.74 Å². The average molecular weight is 264 g/mol. The average Bonchev–Trinajstić information content (AvgIpc) is 2.27. The number of hydrogen-bond acceptors (Lipinski definition) is 5. The van der Waals surface area contributed by atoms with Crippen LogP contribution in [0.5, 0.6) is 0 Å². The first-order valence-electron chi connectivity index (χ1n) is 4.68. The number of nitro groups is 1. The molecule has 6 nitrogen and oxygen atoms in total. The van der Waals surface area contributed by atoms with Crippen molar-refractivity contribution in [2.75, 3.05) is 6.61 Å². The molecular formula is C9H7F3N2O4. The van der Waals surface area contributed by atoms with Gasteiger partial charge in [-0.2, -0.15) is 4.39 Å². The van der Waals surface area contributed by atoms with Crippen LogP contribution in [0.2, 0.25) is 0 Å². The van der Waals surface area contributed by atoms with Crippen LogP contribution in [0.4, 0.5) is 18.9 Å². The number of pyridine rings is 1. The topological polar surface area (TPSA) is 82.3 Å². The second-order valence-corrected chi connectivity index (χ2v) is 3.00. The molecule has 1 aromatic heterocycles. The summed E-state index contributed by atoms with van der Waals surface area (Å²) in [6, 6.07) is 0. The van der Waals surface area contributed by atoms with Crippen LogP contribution in [0.25, 0.3) is 0 Å². The Bertz CT molecular complexity index is 493. The molecule has 0 aliphatic rings. The molecule has 0 aromatic carbocycles. The lowest BCUT2D eigenvalue weighted by Gasteiger charge is -2.07. The second-order valence-electron chi connectivity index (χ2n) is 3.00. The maximum atomic E-state index is 13.0. The number of halogens is 3. The quantitative estimate of drug-likeness (QED) is 0.360. The number of aromatic nitrogens is 1. The first-order chi connectivity index (χ1) is 8.40. The molecule has 0 spiro atoms. The van der Waals surface area contributed by atoms with E-state index in [2.05, 4.69) is 9.72 Å². The highest BCUT2D eigenvalue weighted by atomic mass is 19.3. The smallest absolute Gasteiger partial charge is 0.346 e. The number of alkyl halides is 2. The molecule has 18 heavy (non-hydrogen) atoms. The first kappa shape index (κ1) is 13.9. The van der Waals surface area contributed by atoms with Crippen molar-refractivity contribution in [2.24, 2.45) is 0 Å². The van der Waals surface area contributed by atoms with Crippen molar-refractivity contribution in [3.05, 3.63) is 33.4 Å². The Morgan fingerprint density at radius 2 is 2.22 bits per heavy atom. The molecule has 0 fully saturated rings. The standard InChI is InChI=1S/C9H7F3N2O4/c1-2-18-9(15)4-3-13-8(12)5(7(10)11)6(4)14(16)17/h3,7H,2H2,1H3. The number of esters is 1. The number of ether oxygens (including phenoxy) is 1. The molecule has 0 atom stereocenters. The predicted molar refractivity (Wildman–Crippen MR) is 51.8 cm³/mol. The van der Waals surface area contributed by atoms with Gasteiger partial charge in [-0.1, -0.05) is 0 Å². The van der Waals surface area contributed by atoms with Gasteiger partial charge in [0.15, 0.2) is 11.1 Å². The lowest BCUT2D eigenvalue weighted by molar-refractivity contribution is -0.386. The molecule has 1 aromatic rings. The Balaban J connectivity index is 3.49. The predicted octanol–water partition coefficient (Wildman–Crippen LogP) is 2.24. The summed E-state index contributed by atoms with van der Waals surface area (Å²) in [6.07, 6.45) is -2.97. The maximum absolute atomic E-state index is 13.0. The van der Waals surface area contributed by atoms with E-state index in [9.17, 15) is 28.1 Å². The third-order valence-electron chi connectivity index (χ3n) is 1.94. The molecule has 98 valence electrons. The summed E-state index contributed by atoms with van der Waals surface area (Å²) in [5.74, 6) is -2.90. The molecule has 0 radical (unpaired) electrons. The molecule has 9 heteroatoms. The molecule has 0 N–H and O–H groups in total. The van der Waals surface area contributed by atoms with E-state index in [1.54, 1.807) is 0 Å². The Hall–Kier alpha value is -2.19. The van der Waals surface area contributed by atoms with Crippen LogP contribution in [0.1, 0.15) is 29.3 Å². The van der Waals surface area contributed by atoms with Crippen molar-refractivity contribution in [1.82, 2.24) is 4.98 Å². The van der Waals surface area contributed by atoms with Gasteiger partial charge in [0.05, 0.1) is 17.7 Å². The van der Waals surface area contributed by atoms with E-state index < -0.39 is 40.1 Å². The van der Waals surface area contributed by atoms with Gasteiger partial charge in [-0.15, -0.1) is 0 Å². The summed E-state index contributed by atoms with van der Waals surface area (Å²) >= 11 is 0. The molecule has 0 saturated carbocycles. The van der Waals surface area contributed by atoms with Gasteiger partial charge in [-0.3, -0.25) is 10.1 Å². The summed E-state index contributed by atoms with van der Waals surface area (Å²) < 4.78 is 42.6. The minimum atomic E-state index is -3.47. The third-order valence-corrected chi connectivity index (χ3v) is 1.94. The van der Waals surface area contributed by atoms with Gasteiger partial charge in [0.25, 0.3) is 12.1 Å². The van der Waals surface area contributed by atoms with Crippen molar-refractivity contribution in [3.8, 4) is 0 Å². The van der Waals surface area contributed by atoms with Crippen molar-refractivity contribution >= 4 is 11.7 Å². The summed E-state index contributed by atoms with van der Waals surface area (Å²) in [7, 11) is 0. The van der Waals surface area contributed by atoms with Gasteiger partial charge in [0.1, 0.15) is 0 Å². The van der Waals surface area contributed by atoms with E-state index >= 15 is 0 Å². The zero-order valence-electron chi connectivity index (χ0n) is 9.02. The van der Waals surface area contributed by atoms with Crippen LogP contribution in [0, 0.1) is 16.1 Å². The van der Waals surface area contributed by atoms with Gasteiger partial charge >= 0.3 is 5.97 Å². The molecular weight excluding hydrogens is 257 g/mol. The monoisotopic (exact) mass is 264 g/mol. The molecule has 1 heterocycles. The molecule has 0 amide bonds. The minimum Gasteiger partial charge on any atom is -0.462 e. The van der Waals surface area contributed by atoms with Crippen LogP contribution in [0.3, 0.4) is 0 Å². The summed E-state index contributed by atoms with van der Waals surface area (Å²) in [5, 5.41) is 10.7. The highest BCUT2D eigenvalue weighted by Crippen LogP contribution is 2.33. The van der Waals surface area contributed by atoms with E-state index in [0.717, 1.165) is 0 Å². The van der Waals surface area contributed by atoms with Gasteiger partial charge in [0.2, 0.25) is 5.95 Å². The van der Waals surface area contributed by atoms with Crippen LogP contribution in [-0.2, 0) is 4.74 Å². The number of rotatable bonds is 4.